The summed E-state index contributed by atoms with van der Waals surface area (Å²) in [4.78, 5) is 17.0. The zero-order chi connectivity index (χ0) is 18.9. The zero-order valence-electron chi connectivity index (χ0n) is 16.7. The van der Waals surface area contributed by atoms with Gasteiger partial charge in [0.15, 0.2) is 4.77 Å². The van der Waals surface area contributed by atoms with Crippen LogP contribution in [-0.2, 0) is 6.42 Å². The summed E-state index contributed by atoms with van der Waals surface area (Å²) >= 11 is 4.99. The van der Waals surface area contributed by atoms with Crippen molar-refractivity contribution < 1.29 is 0 Å². The van der Waals surface area contributed by atoms with Crippen LogP contribution in [0.5, 0.6) is 0 Å². The highest BCUT2D eigenvalue weighted by Crippen LogP contribution is 2.10. The molecular formula is C22H38N2OS. The van der Waals surface area contributed by atoms with Crippen LogP contribution in [0.4, 0.5) is 0 Å². The number of hydrogen-bond acceptors (Lipinski definition) is 2. The van der Waals surface area contributed by atoms with Crippen LogP contribution < -0.4 is 5.56 Å². The third-order valence-corrected chi connectivity index (χ3v) is 4.98. The van der Waals surface area contributed by atoms with Crippen LogP contribution in [0.3, 0.4) is 0 Å². The number of aromatic nitrogens is 2. The van der Waals surface area contributed by atoms with E-state index in [2.05, 4.69) is 29.0 Å². The van der Waals surface area contributed by atoms with E-state index in [1.807, 2.05) is 0 Å². The minimum absolute atomic E-state index is 0.103. The molecule has 0 atom stereocenters. The van der Waals surface area contributed by atoms with Crippen molar-refractivity contribution in [1.29, 1.82) is 0 Å². The molecule has 1 heterocycles. The van der Waals surface area contributed by atoms with Gasteiger partial charge < -0.3 is 4.98 Å². The maximum atomic E-state index is 11.3. The Kier molecular flexibility index (Phi) is 14.1. The average molecular weight is 379 g/mol. The quantitative estimate of drug-likeness (QED) is 0.184. The fraction of sp³-hybridized carbons (Fsp3) is 0.727. The van der Waals surface area contributed by atoms with Gasteiger partial charge in [0, 0.05) is 11.8 Å². The number of allylic oxidation sites excluding steroid dienone is 2. The first-order valence-corrected chi connectivity index (χ1v) is 11.1. The van der Waals surface area contributed by atoms with E-state index in [1.54, 1.807) is 6.07 Å². The predicted molar refractivity (Wildman–Crippen MR) is 115 cm³/mol. The van der Waals surface area contributed by atoms with Gasteiger partial charge >= 0.3 is 0 Å². The lowest BCUT2D eigenvalue weighted by Gasteiger charge is -2.02. The Bertz CT molecular complexity index is 560. The van der Waals surface area contributed by atoms with E-state index >= 15 is 0 Å². The number of H-pyrrole nitrogens is 2. The standard InChI is InChI=1S/C22H38N2OS/c1-2-3-4-5-6-7-8-9-10-11-12-13-14-15-16-17-18-20-19-21(25)24-22(26)23-20/h9-10,19H,2-8,11-18H2,1H3,(H2,23,24,25,26)/b10-9-. The zero-order valence-corrected chi connectivity index (χ0v) is 17.5. The van der Waals surface area contributed by atoms with Gasteiger partial charge in [-0.1, -0.05) is 76.9 Å². The lowest BCUT2D eigenvalue weighted by atomic mass is 10.1. The topological polar surface area (TPSA) is 48.6 Å². The van der Waals surface area contributed by atoms with Gasteiger partial charge in [-0.05, 0) is 50.7 Å². The molecule has 0 bridgehead atoms. The van der Waals surface area contributed by atoms with Crippen molar-refractivity contribution in [3.8, 4) is 0 Å². The van der Waals surface area contributed by atoms with Crippen molar-refractivity contribution in [2.45, 2.75) is 103 Å². The first-order chi connectivity index (χ1) is 12.7. The number of rotatable bonds is 16. The van der Waals surface area contributed by atoms with Crippen LogP contribution in [0.15, 0.2) is 23.0 Å². The molecule has 26 heavy (non-hydrogen) atoms. The molecule has 0 aliphatic carbocycles. The molecule has 1 aromatic rings. The highest BCUT2D eigenvalue weighted by molar-refractivity contribution is 7.71. The van der Waals surface area contributed by atoms with Gasteiger partial charge in [0.25, 0.3) is 5.56 Å². The van der Waals surface area contributed by atoms with Crippen molar-refractivity contribution >= 4 is 12.2 Å². The first-order valence-electron chi connectivity index (χ1n) is 10.7. The monoisotopic (exact) mass is 378 g/mol. The lowest BCUT2D eigenvalue weighted by molar-refractivity contribution is 0.593. The van der Waals surface area contributed by atoms with Crippen LogP contribution in [0.1, 0.15) is 103 Å². The van der Waals surface area contributed by atoms with Crippen LogP contribution in [0.25, 0.3) is 0 Å². The van der Waals surface area contributed by atoms with E-state index in [1.165, 1.54) is 83.5 Å². The summed E-state index contributed by atoms with van der Waals surface area (Å²) in [5.74, 6) is 0. The minimum Gasteiger partial charge on any atom is -0.336 e. The average Bonchev–Trinajstić information content (AvgIpc) is 2.60. The van der Waals surface area contributed by atoms with Crippen LogP contribution in [-0.4, -0.2) is 9.97 Å². The summed E-state index contributed by atoms with van der Waals surface area (Å²) in [7, 11) is 0. The van der Waals surface area contributed by atoms with E-state index in [4.69, 9.17) is 12.2 Å². The SMILES string of the molecule is CCCCCCCC/C=C\CCCCCCCCc1cc(=O)[nH]c(=S)[nH]1. The summed E-state index contributed by atoms with van der Waals surface area (Å²) in [5, 5.41) is 0. The van der Waals surface area contributed by atoms with Crippen LogP contribution in [0, 0.1) is 4.77 Å². The Morgan fingerprint density at radius 2 is 1.35 bits per heavy atom. The van der Waals surface area contributed by atoms with Gasteiger partial charge in [0.1, 0.15) is 0 Å². The van der Waals surface area contributed by atoms with Gasteiger partial charge in [0.2, 0.25) is 0 Å². The molecule has 148 valence electrons. The van der Waals surface area contributed by atoms with Crippen LogP contribution in [0.2, 0.25) is 0 Å². The summed E-state index contributed by atoms with van der Waals surface area (Å²) in [5.41, 5.74) is 0.850. The molecule has 0 spiro atoms. The molecule has 0 aliphatic rings. The third kappa shape index (κ3) is 13.1. The third-order valence-electron chi connectivity index (χ3n) is 4.77. The first kappa shape index (κ1) is 22.9. The molecule has 3 nitrogen and oxygen atoms in total. The van der Waals surface area contributed by atoms with Crippen LogP contribution >= 0.6 is 12.2 Å². The molecule has 0 fully saturated rings. The molecule has 1 aromatic heterocycles. The Labute approximate surface area is 164 Å². The highest BCUT2D eigenvalue weighted by Gasteiger charge is 1.96. The van der Waals surface area contributed by atoms with Crippen molar-refractivity contribution in [1.82, 2.24) is 9.97 Å². The molecule has 0 aromatic carbocycles. The van der Waals surface area contributed by atoms with E-state index in [9.17, 15) is 4.79 Å². The van der Waals surface area contributed by atoms with Gasteiger partial charge in [-0.25, -0.2) is 0 Å². The van der Waals surface area contributed by atoms with E-state index < -0.39 is 0 Å². The van der Waals surface area contributed by atoms with Gasteiger partial charge in [0.05, 0.1) is 0 Å². The molecular weight excluding hydrogens is 340 g/mol. The molecule has 0 amide bonds. The fourth-order valence-corrected chi connectivity index (χ4v) is 3.45. The molecule has 0 saturated carbocycles. The van der Waals surface area contributed by atoms with Gasteiger partial charge in [-0.15, -0.1) is 0 Å². The summed E-state index contributed by atoms with van der Waals surface area (Å²) in [6.45, 7) is 2.27. The minimum atomic E-state index is -0.103. The number of unbranched alkanes of at least 4 members (excludes halogenated alkanes) is 12. The number of nitrogens with one attached hydrogen (secondary N) is 2. The summed E-state index contributed by atoms with van der Waals surface area (Å²) in [6.07, 6.45) is 24.1. The summed E-state index contributed by atoms with van der Waals surface area (Å²) < 4.78 is 0.428. The molecule has 2 N–H and O–H groups in total. The molecule has 4 heteroatoms. The maximum Gasteiger partial charge on any atom is 0.251 e. The second-order valence-corrected chi connectivity index (χ2v) is 7.71. The van der Waals surface area contributed by atoms with Crippen molar-refractivity contribution in [2.24, 2.45) is 0 Å². The second kappa shape index (κ2) is 16.0. The summed E-state index contributed by atoms with van der Waals surface area (Å²) in [6, 6.07) is 1.62. The lowest BCUT2D eigenvalue weighted by Crippen LogP contribution is -2.08. The fourth-order valence-electron chi connectivity index (χ4n) is 3.22. The van der Waals surface area contributed by atoms with E-state index in [0.717, 1.165) is 18.5 Å². The number of hydrogen-bond donors (Lipinski definition) is 2. The van der Waals surface area contributed by atoms with E-state index in [-0.39, 0.29) is 5.56 Å². The second-order valence-electron chi connectivity index (χ2n) is 7.30. The molecule has 0 radical (unpaired) electrons. The number of aromatic amines is 2. The Morgan fingerprint density at radius 1 is 0.808 bits per heavy atom. The smallest absolute Gasteiger partial charge is 0.251 e. The van der Waals surface area contributed by atoms with Gasteiger partial charge in [-0.2, -0.15) is 0 Å². The number of aryl methyl sites for hydroxylation is 1. The molecule has 0 aliphatic heterocycles. The predicted octanol–water partition coefficient (Wildman–Crippen LogP) is 7.01. The maximum absolute atomic E-state index is 11.3. The van der Waals surface area contributed by atoms with Crippen molar-refractivity contribution in [3.63, 3.8) is 0 Å². The van der Waals surface area contributed by atoms with Crippen molar-refractivity contribution in [2.75, 3.05) is 0 Å². The Balaban J connectivity index is 1.86. The van der Waals surface area contributed by atoms with E-state index in [0.29, 0.717) is 4.77 Å². The van der Waals surface area contributed by atoms with Gasteiger partial charge in [-0.3, -0.25) is 9.78 Å². The Hall–Kier alpha value is -1.16. The molecule has 1 rings (SSSR count). The van der Waals surface area contributed by atoms with Crippen molar-refractivity contribution in [3.05, 3.63) is 39.0 Å². The highest BCUT2D eigenvalue weighted by atomic mass is 32.1. The normalized spacial score (nSPS) is 11.4. The Morgan fingerprint density at radius 3 is 1.92 bits per heavy atom. The molecule has 0 saturated heterocycles. The largest absolute Gasteiger partial charge is 0.336 e. The molecule has 0 unspecified atom stereocenters.